The quantitative estimate of drug-likeness (QED) is 0.773. The molecule has 4 heteroatoms. The predicted octanol–water partition coefficient (Wildman–Crippen LogP) is 2.82. The van der Waals surface area contributed by atoms with Gasteiger partial charge in [-0.05, 0) is 39.2 Å². The summed E-state index contributed by atoms with van der Waals surface area (Å²) < 4.78 is 2.03. The fourth-order valence-electron chi connectivity index (χ4n) is 2.35. The summed E-state index contributed by atoms with van der Waals surface area (Å²) in [4.78, 5) is 4.37. The van der Waals surface area contributed by atoms with Crippen LogP contribution in [0.15, 0.2) is 6.33 Å². The van der Waals surface area contributed by atoms with Crippen LogP contribution in [0.4, 0.5) is 0 Å². The highest BCUT2D eigenvalue weighted by Gasteiger charge is 2.13. The number of nitrogens with one attached hydrogen (secondary N) is 1. The first-order valence-electron chi connectivity index (χ1n) is 7.16. The van der Waals surface area contributed by atoms with Gasteiger partial charge in [0.2, 0.25) is 0 Å². The summed E-state index contributed by atoms with van der Waals surface area (Å²) in [7, 11) is 0. The molecule has 0 fully saturated rings. The average molecular weight is 252 g/mol. The van der Waals surface area contributed by atoms with Crippen molar-refractivity contribution in [2.45, 2.75) is 66.0 Å². The Balaban J connectivity index is 2.52. The van der Waals surface area contributed by atoms with E-state index in [4.69, 9.17) is 0 Å². The molecular formula is C14H28N4. The Morgan fingerprint density at radius 2 is 2.00 bits per heavy atom. The van der Waals surface area contributed by atoms with Gasteiger partial charge in [0.05, 0.1) is 0 Å². The molecule has 1 N–H and O–H groups in total. The molecule has 0 spiro atoms. The fraction of sp³-hybridized carbons (Fsp3) is 0.857. The molecule has 0 radical (unpaired) electrons. The van der Waals surface area contributed by atoms with Crippen LogP contribution in [0.1, 0.15) is 59.3 Å². The standard InChI is InChI=1S/C14H28N4/c1-6-15-13(9-11(2)3)7-8-14-16-10-17-18(14)12(4)5/h10-13,15H,6-9H2,1-5H3. The number of hydrogen-bond donors (Lipinski definition) is 1. The Labute approximate surface area is 111 Å². The van der Waals surface area contributed by atoms with Crippen LogP contribution in [0.2, 0.25) is 0 Å². The molecule has 1 heterocycles. The Hall–Kier alpha value is -0.900. The van der Waals surface area contributed by atoms with E-state index >= 15 is 0 Å². The van der Waals surface area contributed by atoms with Gasteiger partial charge in [0.15, 0.2) is 0 Å². The summed E-state index contributed by atoms with van der Waals surface area (Å²) in [5.74, 6) is 1.84. The van der Waals surface area contributed by atoms with Gasteiger partial charge in [-0.25, -0.2) is 9.67 Å². The van der Waals surface area contributed by atoms with Gasteiger partial charge in [-0.15, -0.1) is 0 Å². The summed E-state index contributed by atoms with van der Waals surface area (Å²) in [5.41, 5.74) is 0. The SMILES string of the molecule is CCNC(CCc1ncnn1C(C)C)CC(C)C. The van der Waals surface area contributed by atoms with Gasteiger partial charge in [-0.1, -0.05) is 20.8 Å². The minimum absolute atomic E-state index is 0.394. The molecule has 104 valence electrons. The lowest BCUT2D eigenvalue weighted by molar-refractivity contribution is 0.396. The summed E-state index contributed by atoms with van der Waals surface area (Å²) in [6, 6.07) is 0.984. The Morgan fingerprint density at radius 1 is 1.28 bits per heavy atom. The Morgan fingerprint density at radius 3 is 2.56 bits per heavy atom. The molecule has 0 saturated heterocycles. The second kappa shape index (κ2) is 7.52. The minimum atomic E-state index is 0.394. The molecule has 0 amide bonds. The highest BCUT2D eigenvalue weighted by Crippen LogP contribution is 2.12. The van der Waals surface area contributed by atoms with Crippen molar-refractivity contribution in [3.05, 3.63) is 12.2 Å². The molecule has 0 aromatic carbocycles. The molecule has 0 aliphatic heterocycles. The normalized spacial score (nSPS) is 13.5. The molecule has 1 atom stereocenters. The number of nitrogens with zero attached hydrogens (tertiary/aromatic N) is 3. The number of aryl methyl sites for hydroxylation is 1. The van der Waals surface area contributed by atoms with Crippen molar-refractivity contribution in [3.63, 3.8) is 0 Å². The Kier molecular flexibility index (Phi) is 6.33. The van der Waals surface area contributed by atoms with Crippen molar-refractivity contribution < 1.29 is 0 Å². The van der Waals surface area contributed by atoms with Gasteiger partial charge in [0.25, 0.3) is 0 Å². The smallest absolute Gasteiger partial charge is 0.138 e. The van der Waals surface area contributed by atoms with E-state index in [2.05, 4.69) is 50.0 Å². The van der Waals surface area contributed by atoms with E-state index < -0.39 is 0 Å². The zero-order valence-corrected chi connectivity index (χ0v) is 12.5. The topological polar surface area (TPSA) is 42.7 Å². The zero-order chi connectivity index (χ0) is 13.5. The molecule has 0 saturated carbocycles. The lowest BCUT2D eigenvalue weighted by atomic mass is 9.99. The predicted molar refractivity (Wildman–Crippen MR) is 75.6 cm³/mol. The monoisotopic (exact) mass is 252 g/mol. The highest BCUT2D eigenvalue weighted by atomic mass is 15.3. The van der Waals surface area contributed by atoms with Crippen LogP contribution in [0.25, 0.3) is 0 Å². The fourth-order valence-corrected chi connectivity index (χ4v) is 2.35. The zero-order valence-electron chi connectivity index (χ0n) is 12.5. The van der Waals surface area contributed by atoms with E-state index in [-0.39, 0.29) is 0 Å². The molecule has 18 heavy (non-hydrogen) atoms. The van der Waals surface area contributed by atoms with Crippen molar-refractivity contribution in [1.82, 2.24) is 20.1 Å². The summed E-state index contributed by atoms with van der Waals surface area (Å²) >= 11 is 0. The van der Waals surface area contributed by atoms with Crippen LogP contribution in [0, 0.1) is 5.92 Å². The lowest BCUT2D eigenvalue weighted by Gasteiger charge is -2.20. The third kappa shape index (κ3) is 4.77. The molecule has 1 aromatic rings. The first-order chi connectivity index (χ1) is 8.54. The summed E-state index contributed by atoms with van der Waals surface area (Å²) in [6.07, 6.45) is 5.03. The molecule has 1 rings (SSSR count). The van der Waals surface area contributed by atoms with Crippen LogP contribution in [0.3, 0.4) is 0 Å². The van der Waals surface area contributed by atoms with E-state index in [9.17, 15) is 0 Å². The van der Waals surface area contributed by atoms with E-state index in [1.54, 1.807) is 6.33 Å². The van der Waals surface area contributed by atoms with E-state index in [0.29, 0.717) is 12.1 Å². The van der Waals surface area contributed by atoms with E-state index in [1.807, 2.05) is 4.68 Å². The lowest BCUT2D eigenvalue weighted by Crippen LogP contribution is -2.31. The van der Waals surface area contributed by atoms with Crippen molar-refractivity contribution in [2.24, 2.45) is 5.92 Å². The van der Waals surface area contributed by atoms with Gasteiger partial charge in [0.1, 0.15) is 12.2 Å². The maximum absolute atomic E-state index is 4.37. The molecule has 1 aromatic heterocycles. The van der Waals surface area contributed by atoms with Crippen LogP contribution in [-0.2, 0) is 6.42 Å². The van der Waals surface area contributed by atoms with E-state index in [0.717, 1.165) is 31.1 Å². The van der Waals surface area contributed by atoms with Crippen LogP contribution < -0.4 is 5.32 Å². The molecular weight excluding hydrogens is 224 g/mol. The molecule has 1 unspecified atom stereocenters. The Bertz CT molecular complexity index is 330. The van der Waals surface area contributed by atoms with Crippen molar-refractivity contribution >= 4 is 0 Å². The molecule has 4 nitrogen and oxygen atoms in total. The second-order valence-electron chi connectivity index (χ2n) is 5.64. The van der Waals surface area contributed by atoms with Crippen LogP contribution >= 0.6 is 0 Å². The largest absolute Gasteiger partial charge is 0.314 e. The van der Waals surface area contributed by atoms with Gasteiger partial charge in [-0.2, -0.15) is 5.10 Å². The van der Waals surface area contributed by atoms with Gasteiger partial charge in [-0.3, -0.25) is 0 Å². The van der Waals surface area contributed by atoms with Crippen molar-refractivity contribution in [3.8, 4) is 0 Å². The number of aromatic nitrogens is 3. The van der Waals surface area contributed by atoms with Crippen LogP contribution in [0.5, 0.6) is 0 Å². The summed E-state index contributed by atoms with van der Waals surface area (Å²) in [5, 5.41) is 7.85. The third-order valence-corrected chi connectivity index (χ3v) is 3.10. The maximum Gasteiger partial charge on any atom is 0.138 e. The molecule has 0 bridgehead atoms. The first-order valence-corrected chi connectivity index (χ1v) is 7.16. The minimum Gasteiger partial charge on any atom is -0.314 e. The summed E-state index contributed by atoms with van der Waals surface area (Å²) in [6.45, 7) is 12.1. The first kappa shape index (κ1) is 15.2. The molecule has 0 aliphatic carbocycles. The number of hydrogen-bond acceptors (Lipinski definition) is 3. The van der Waals surface area contributed by atoms with Gasteiger partial charge in [0, 0.05) is 18.5 Å². The van der Waals surface area contributed by atoms with Crippen molar-refractivity contribution in [1.29, 1.82) is 0 Å². The van der Waals surface area contributed by atoms with Crippen LogP contribution in [-0.4, -0.2) is 27.4 Å². The third-order valence-electron chi connectivity index (χ3n) is 3.10. The average Bonchev–Trinajstić information content (AvgIpc) is 2.73. The van der Waals surface area contributed by atoms with Crippen molar-refractivity contribution in [2.75, 3.05) is 6.54 Å². The maximum atomic E-state index is 4.37. The highest BCUT2D eigenvalue weighted by molar-refractivity contribution is 4.88. The number of rotatable bonds is 8. The van der Waals surface area contributed by atoms with Gasteiger partial charge < -0.3 is 5.32 Å². The van der Waals surface area contributed by atoms with Gasteiger partial charge >= 0.3 is 0 Å². The second-order valence-corrected chi connectivity index (χ2v) is 5.64. The molecule has 0 aliphatic rings. The van der Waals surface area contributed by atoms with E-state index in [1.165, 1.54) is 6.42 Å².